The van der Waals surface area contributed by atoms with Crippen molar-refractivity contribution in [1.29, 1.82) is 0 Å². The van der Waals surface area contributed by atoms with E-state index >= 15 is 0 Å². The van der Waals surface area contributed by atoms with Gasteiger partial charge in [-0.3, -0.25) is 4.90 Å². The molecule has 0 saturated carbocycles. The average Bonchev–Trinajstić information content (AvgIpc) is 2.52. The zero-order valence-corrected chi connectivity index (χ0v) is 14.7. The summed E-state index contributed by atoms with van der Waals surface area (Å²) in [5, 5.41) is 3.29. The lowest BCUT2D eigenvalue weighted by Crippen LogP contribution is -2.45. The van der Waals surface area contributed by atoms with Gasteiger partial charge in [-0.25, -0.2) is 0 Å². The topological polar surface area (TPSA) is 33.7 Å². The van der Waals surface area contributed by atoms with E-state index in [0.29, 0.717) is 5.75 Å². The van der Waals surface area contributed by atoms with E-state index in [1.807, 2.05) is 0 Å². The fourth-order valence-corrected chi connectivity index (χ4v) is 2.97. The Hall–Kier alpha value is -1.18. The number of methoxy groups -OCH3 is 1. The van der Waals surface area contributed by atoms with Crippen LogP contribution >= 0.6 is 12.4 Å². The molecule has 0 bridgehead atoms. The van der Waals surface area contributed by atoms with Crippen molar-refractivity contribution in [2.24, 2.45) is 0 Å². The summed E-state index contributed by atoms with van der Waals surface area (Å²) < 4.78 is 46.9. The predicted molar refractivity (Wildman–Crippen MR) is 89.0 cm³/mol. The highest BCUT2D eigenvalue weighted by Crippen LogP contribution is 2.36. The SMILES string of the molecule is CCC[C@H](c1cc(OC(F)(F)F)ccc1OC)N1CCNCC1.Cl. The van der Waals surface area contributed by atoms with E-state index in [-0.39, 0.29) is 24.2 Å². The van der Waals surface area contributed by atoms with Crippen LogP contribution in [0.25, 0.3) is 0 Å². The molecule has 1 aromatic rings. The largest absolute Gasteiger partial charge is 0.573 e. The highest BCUT2D eigenvalue weighted by Gasteiger charge is 2.32. The van der Waals surface area contributed by atoms with Gasteiger partial charge in [0, 0.05) is 37.8 Å². The standard InChI is InChI=1S/C16H23F3N2O2.ClH/c1-3-4-14(21-9-7-20-8-10-21)13-11-12(23-16(17,18)19)5-6-15(13)22-2;/h5-6,11,14,20H,3-4,7-10H2,1-2H3;1H/t14-;/m1./s1. The summed E-state index contributed by atoms with van der Waals surface area (Å²) in [6.07, 6.45) is -2.91. The summed E-state index contributed by atoms with van der Waals surface area (Å²) in [4.78, 5) is 2.29. The normalized spacial score (nSPS) is 17.0. The van der Waals surface area contributed by atoms with Crippen molar-refractivity contribution in [3.05, 3.63) is 23.8 Å². The first kappa shape index (κ1) is 20.9. The number of ether oxygens (including phenoxy) is 2. The molecule has 1 atom stereocenters. The maximum Gasteiger partial charge on any atom is 0.573 e. The van der Waals surface area contributed by atoms with Gasteiger partial charge in [-0.1, -0.05) is 13.3 Å². The molecule has 0 spiro atoms. The maximum atomic E-state index is 12.5. The highest BCUT2D eigenvalue weighted by atomic mass is 35.5. The quantitative estimate of drug-likeness (QED) is 0.829. The van der Waals surface area contributed by atoms with E-state index in [1.54, 1.807) is 6.07 Å². The van der Waals surface area contributed by atoms with Gasteiger partial charge in [0.2, 0.25) is 0 Å². The van der Waals surface area contributed by atoms with Crippen molar-refractivity contribution in [2.75, 3.05) is 33.3 Å². The summed E-state index contributed by atoms with van der Waals surface area (Å²) in [6.45, 7) is 5.54. The van der Waals surface area contributed by atoms with Crippen LogP contribution in [-0.4, -0.2) is 44.6 Å². The Morgan fingerprint density at radius 1 is 1.25 bits per heavy atom. The molecular weight excluding hydrogens is 345 g/mol. The van der Waals surface area contributed by atoms with Crippen molar-refractivity contribution < 1.29 is 22.6 Å². The molecule has 138 valence electrons. The minimum Gasteiger partial charge on any atom is -0.496 e. The molecule has 0 unspecified atom stereocenters. The number of halogens is 4. The Morgan fingerprint density at radius 3 is 2.46 bits per heavy atom. The second kappa shape index (κ2) is 9.34. The lowest BCUT2D eigenvalue weighted by Gasteiger charge is -2.36. The first-order chi connectivity index (χ1) is 10.9. The van der Waals surface area contributed by atoms with Crippen LogP contribution in [0.4, 0.5) is 13.2 Å². The molecule has 0 radical (unpaired) electrons. The Morgan fingerprint density at radius 2 is 1.92 bits per heavy atom. The van der Waals surface area contributed by atoms with E-state index in [0.717, 1.165) is 44.6 Å². The first-order valence-electron chi connectivity index (χ1n) is 7.83. The van der Waals surface area contributed by atoms with Crippen molar-refractivity contribution in [2.45, 2.75) is 32.2 Å². The van der Waals surface area contributed by atoms with Crippen molar-refractivity contribution in [1.82, 2.24) is 10.2 Å². The molecule has 1 heterocycles. The molecule has 1 aromatic carbocycles. The van der Waals surface area contributed by atoms with Crippen LogP contribution in [0, 0.1) is 0 Å². The van der Waals surface area contributed by atoms with E-state index < -0.39 is 6.36 Å². The van der Waals surface area contributed by atoms with Crippen LogP contribution in [0.1, 0.15) is 31.4 Å². The zero-order valence-electron chi connectivity index (χ0n) is 13.9. The molecule has 2 rings (SSSR count). The number of rotatable bonds is 6. The molecule has 0 amide bonds. The van der Waals surface area contributed by atoms with Crippen molar-refractivity contribution in [3.8, 4) is 11.5 Å². The fraction of sp³-hybridized carbons (Fsp3) is 0.625. The van der Waals surface area contributed by atoms with Gasteiger partial charge in [-0.15, -0.1) is 25.6 Å². The van der Waals surface area contributed by atoms with Crippen LogP contribution in [0.3, 0.4) is 0 Å². The molecule has 0 aromatic heterocycles. The van der Waals surface area contributed by atoms with Gasteiger partial charge < -0.3 is 14.8 Å². The number of nitrogens with zero attached hydrogens (tertiary/aromatic N) is 1. The van der Waals surface area contributed by atoms with Gasteiger partial charge in [0.05, 0.1) is 7.11 Å². The Labute approximate surface area is 146 Å². The molecular formula is C16H24ClF3N2O2. The maximum absolute atomic E-state index is 12.5. The first-order valence-corrected chi connectivity index (χ1v) is 7.83. The predicted octanol–water partition coefficient (Wildman–Crippen LogP) is 3.76. The Kier molecular flexibility index (Phi) is 8.12. The third-order valence-electron chi connectivity index (χ3n) is 3.95. The van der Waals surface area contributed by atoms with Gasteiger partial charge in [0.15, 0.2) is 0 Å². The van der Waals surface area contributed by atoms with Crippen LogP contribution in [0.2, 0.25) is 0 Å². The number of nitrogens with one attached hydrogen (secondary N) is 1. The van der Waals surface area contributed by atoms with Crippen LogP contribution < -0.4 is 14.8 Å². The minimum atomic E-state index is -4.69. The second-order valence-corrected chi connectivity index (χ2v) is 5.54. The molecule has 0 aliphatic carbocycles. The van der Waals surface area contributed by atoms with E-state index in [4.69, 9.17) is 4.74 Å². The summed E-state index contributed by atoms with van der Waals surface area (Å²) in [6, 6.07) is 4.31. The second-order valence-electron chi connectivity index (χ2n) is 5.54. The number of hydrogen-bond acceptors (Lipinski definition) is 4. The minimum absolute atomic E-state index is 0. The van der Waals surface area contributed by atoms with E-state index in [2.05, 4.69) is 21.9 Å². The molecule has 8 heteroatoms. The Balaban J connectivity index is 0.00000288. The number of hydrogen-bond donors (Lipinski definition) is 1. The molecule has 1 N–H and O–H groups in total. The molecule has 1 aliphatic rings. The van der Waals surface area contributed by atoms with Gasteiger partial charge in [-0.2, -0.15) is 0 Å². The average molecular weight is 369 g/mol. The van der Waals surface area contributed by atoms with Crippen molar-refractivity contribution in [3.63, 3.8) is 0 Å². The van der Waals surface area contributed by atoms with Crippen LogP contribution in [-0.2, 0) is 0 Å². The summed E-state index contributed by atoms with van der Waals surface area (Å²) >= 11 is 0. The summed E-state index contributed by atoms with van der Waals surface area (Å²) in [7, 11) is 1.53. The molecule has 24 heavy (non-hydrogen) atoms. The third-order valence-corrected chi connectivity index (χ3v) is 3.95. The summed E-state index contributed by atoms with van der Waals surface area (Å²) in [5.41, 5.74) is 0.748. The zero-order chi connectivity index (χ0) is 16.9. The van der Waals surface area contributed by atoms with Gasteiger partial charge in [0.25, 0.3) is 0 Å². The summed E-state index contributed by atoms with van der Waals surface area (Å²) in [5.74, 6) is 0.390. The van der Waals surface area contributed by atoms with Gasteiger partial charge in [0.1, 0.15) is 11.5 Å². The molecule has 4 nitrogen and oxygen atoms in total. The lowest BCUT2D eigenvalue weighted by atomic mass is 9.98. The lowest BCUT2D eigenvalue weighted by molar-refractivity contribution is -0.274. The van der Waals surface area contributed by atoms with Crippen molar-refractivity contribution >= 4 is 12.4 Å². The molecule has 1 aliphatic heterocycles. The highest BCUT2D eigenvalue weighted by molar-refractivity contribution is 5.85. The smallest absolute Gasteiger partial charge is 0.496 e. The third kappa shape index (κ3) is 5.72. The molecule has 1 fully saturated rings. The fourth-order valence-electron chi connectivity index (χ4n) is 2.97. The van der Waals surface area contributed by atoms with E-state index in [9.17, 15) is 13.2 Å². The number of piperazine rings is 1. The number of benzene rings is 1. The monoisotopic (exact) mass is 368 g/mol. The number of alkyl halides is 3. The Bertz CT molecular complexity index is 509. The van der Waals surface area contributed by atoms with E-state index in [1.165, 1.54) is 19.2 Å². The van der Waals surface area contributed by atoms with Gasteiger partial charge >= 0.3 is 6.36 Å². The van der Waals surface area contributed by atoms with Gasteiger partial charge in [-0.05, 0) is 24.6 Å². The van der Waals surface area contributed by atoms with Crippen LogP contribution in [0.5, 0.6) is 11.5 Å². The molecule has 1 saturated heterocycles. The van der Waals surface area contributed by atoms with Crippen LogP contribution in [0.15, 0.2) is 18.2 Å².